The predicted octanol–water partition coefficient (Wildman–Crippen LogP) is 19.4. The van der Waals surface area contributed by atoms with Crippen molar-refractivity contribution in [2.75, 3.05) is 0 Å². The van der Waals surface area contributed by atoms with Crippen LogP contribution < -0.4 is 0 Å². The molecule has 1 aliphatic rings. The number of benzene rings is 2. The number of allylic oxidation sites excluding steroid dienone is 2. The van der Waals surface area contributed by atoms with E-state index in [0.29, 0.717) is 0 Å². The third kappa shape index (κ3) is 28.3. The van der Waals surface area contributed by atoms with Gasteiger partial charge in [-0.2, -0.15) is 12.8 Å². The van der Waals surface area contributed by atoms with Crippen LogP contribution >= 0.6 is 0 Å². The third-order valence-corrected chi connectivity index (χ3v) is 11.6. The molecular formula is C56H94N2Ni. The van der Waals surface area contributed by atoms with Crippen LogP contribution in [-0.4, -0.2) is 4.70 Å². The first-order chi connectivity index (χ1) is 28.5. The Morgan fingerprint density at radius 3 is 1.19 bits per heavy atom. The maximum atomic E-state index is 11.6. The molecule has 2 aromatic rings. The first kappa shape index (κ1) is 57.0. The fraction of sp³-hybridized carbons (Fsp3) is 0.679. The summed E-state index contributed by atoms with van der Waals surface area (Å²) in [6, 6.07) is 17.8. The smallest absolute Gasteiger partial charge is 0.493 e. The Balaban J connectivity index is 0.00000147. The fourth-order valence-electron chi connectivity index (χ4n) is 7.89. The Hall–Kier alpha value is -1.99. The average Bonchev–Trinajstić information content (AvgIpc) is 3.58. The molecule has 0 bridgehead atoms. The summed E-state index contributed by atoms with van der Waals surface area (Å²) in [4.78, 5) is 0. The molecular weight excluding hydrogens is 759 g/mol. The first-order valence-corrected chi connectivity index (χ1v) is 25.2. The molecule has 1 heterocycles. The normalized spacial score (nSPS) is 12.1. The van der Waals surface area contributed by atoms with Crippen molar-refractivity contribution in [2.24, 2.45) is 0 Å². The monoisotopic (exact) mass is 853 g/mol. The maximum absolute atomic E-state index is 11.6. The van der Waals surface area contributed by atoms with Gasteiger partial charge in [-0.05, 0) is 73.9 Å². The second kappa shape index (κ2) is 41.4. The number of hydrogen-bond acceptors (Lipinski definition) is 0. The summed E-state index contributed by atoms with van der Waals surface area (Å²) >= 11 is 0. The Morgan fingerprint density at radius 2 is 0.763 bits per heavy atom. The topological polar surface area (TPSA) is 25.3 Å². The van der Waals surface area contributed by atoms with Crippen LogP contribution in [0, 0.1) is 13.8 Å². The molecule has 59 heavy (non-hydrogen) atoms. The van der Waals surface area contributed by atoms with Crippen LogP contribution in [0.2, 0.25) is 0 Å². The van der Waals surface area contributed by atoms with E-state index in [9.17, 15) is 5.53 Å². The van der Waals surface area contributed by atoms with Crippen molar-refractivity contribution in [1.82, 2.24) is 0 Å². The van der Waals surface area contributed by atoms with E-state index in [-0.39, 0.29) is 16.5 Å². The van der Waals surface area contributed by atoms with Crippen LogP contribution in [0.1, 0.15) is 256 Å². The van der Waals surface area contributed by atoms with Gasteiger partial charge in [-0.1, -0.05) is 219 Å². The summed E-state index contributed by atoms with van der Waals surface area (Å²) in [6.07, 6.45) is 45.1. The van der Waals surface area contributed by atoms with Gasteiger partial charge < -0.3 is 19.4 Å². The minimum absolute atomic E-state index is 0. The van der Waals surface area contributed by atoms with Gasteiger partial charge >= 0.3 is 16.5 Å². The summed E-state index contributed by atoms with van der Waals surface area (Å²) in [6.45, 7) is 18.9. The van der Waals surface area contributed by atoms with Gasteiger partial charge in [0, 0.05) is 22.8 Å². The Labute approximate surface area is 379 Å². The molecule has 0 aromatic heterocycles. The summed E-state index contributed by atoms with van der Waals surface area (Å²) < 4.78 is 1.49. The van der Waals surface area contributed by atoms with Gasteiger partial charge in [-0.15, -0.1) is 0 Å². The molecule has 3 heteroatoms. The fourth-order valence-corrected chi connectivity index (χ4v) is 7.89. The van der Waals surface area contributed by atoms with Crippen molar-refractivity contribution >= 4 is 11.4 Å². The van der Waals surface area contributed by atoms with Crippen LogP contribution in [0.4, 0.5) is 0 Å². The number of nitrogens with zero attached hydrogens (tertiary/aromatic N) is 2. The molecule has 0 saturated carbocycles. The molecule has 0 fully saturated rings. The second-order valence-electron chi connectivity index (χ2n) is 17.2. The van der Waals surface area contributed by atoms with Crippen molar-refractivity contribution < 1.29 is 21.2 Å². The van der Waals surface area contributed by atoms with Crippen molar-refractivity contribution in [2.45, 2.75) is 247 Å². The van der Waals surface area contributed by atoms with Crippen LogP contribution in [0.15, 0.2) is 60.2 Å². The van der Waals surface area contributed by atoms with Crippen molar-refractivity contribution in [3.8, 4) is 0 Å². The molecule has 0 radical (unpaired) electrons. The minimum atomic E-state index is 0. The molecule has 338 valence electrons. The molecule has 0 atom stereocenters. The third-order valence-electron chi connectivity index (χ3n) is 11.6. The number of rotatable bonds is 33. The van der Waals surface area contributed by atoms with Crippen LogP contribution in [-0.2, 0) is 29.3 Å². The van der Waals surface area contributed by atoms with Gasteiger partial charge in [0.05, 0.1) is 0 Å². The molecule has 3 rings (SSSR count). The van der Waals surface area contributed by atoms with Crippen molar-refractivity contribution in [1.29, 1.82) is 0 Å². The Kier molecular flexibility index (Phi) is 40.0. The van der Waals surface area contributed by atoms with E-state index in [0.717, 1.165) is 54.6 Å². The van der Waals surface area contributed by atoms with Crippen molar-refractivity contribution in [3.63, 3.8) is 0 Å². The maximum Gasteiger partial charge on any atom is 2.00 e. The molecule has 0 saturated heterocycles. The van der Waals surface area contributed by atoms with Gasteiger partial charge in [-0.3, -0.25) is 0 Å². The molecule has 0 unspecified atom stereocenters. The molecule has 0 N–H and O–H groups in total. The SMILES string of the molecule is CCCCCCCCc1cccc(C2=CC(CCCCCC)=C(c3cccc(CCCCCCCC)c3)[N+]2=[N-])c1.[CH2-]CCCCCCCC.[CH2-]CCCCCCCC.[Ni+2]. The molecule has 0 amide bonds. The Morgan fingerprint density at radius 1 is 0.424 bits per heavy atom. The van der Waals surface area contributed by atoms with Gasteiger partial charge in [0.2, 0.25) is 11.4 Å². The second-order valence-corrected chi connectivity index (χ2v) is 17.2. The van der Waals surface area contributed by atoms with Gasteiger partial charge in [0.1, 0.15) is 0 Å². The van der Waals surface area contributed by atoms with E-state index in [1.54, 1.807) is 0 Å². The van der Waals surface area contributed by atoms with Gasteiger partial charge in [0.25, 0.3) is 0 Å². The van der Waals surface area contributed by atoms with Crippen molar-refractivity contribution in [3.05, 3.63) is 102 Å². The Bertz CT molecular complexity index is 1300. The number of aryl methyl sites for hydroxylation is 2. The number of hydrogen-bond donors (Lipinski definition) is 0. The predicted molar refractivity (Wildman–Crippen MR) is 261 cm³/mol. The zero-order valence-corrected chi connectivity index (χ0v) is 40.6. The van der Waals surface area contributed by atoms with E-state index < -0.39 is 0 Å². The van der Waals surface area contributed by atoms with E-state index in [2.05, 4.69) is 103 Å². The van der Waals surface area contributed by atoms with Gasteiger partial charge in [-0.25, -0.2) is 4.70 Å². The largest absolute Gasteiger partial charge is 2.00 e. The quantitative estimate of drug-likeness (QED) is 0.0296. The van der Waals surface area contributed by atoms with E-state index in [1.165, 1.54) is 201 Å². The van der Waals surface area contributed by atoms with E-state index in [1.807, 2.05) is 0 Å². The van der Waals surface area contributed by atoms with Gasteiger partial charge in [0.15, 0.2) is 0 Å². The number of unbranched alkanes of at least 4 members (excludes halogenated alkanes) is 25. The summed E-state index contributed by atoms with van der Waals surface area (Å²) in [5, 5.41) is 0. The minimum Gasteiger partial charge on any atom is -0.493 e. The van der Waals surface area contributed by atoms with E-state index >= 15 is 0 Å². The summed E-state index contributed by atoms with van der Waals surface area (Å²) in [5.41, 5.74) is 19.8. The molecule has 2 aromatic carbocycles. The molecule has 2 nitrogen and oxygen atoms in total. The molecule has 0 aliphatic carbocycles. The van der Waals surface area contributed by atoms with Crippen LogP contribution in [0.5, 0.6) is 0 Å². The zero-order chi connectivity index (χ0) is 42.3. The first-order valence-electron chi connectivity index (χ1n) is 25.2. The van der Waals surface area contributed by atoms with Crippen LogP contribution in [0.25, 0.3) is 16.9 Å². The van der Waals surface area contributed by atoms with Crippen LogP contribution in [0.3, 0.4) is 0 Å². The zero-order valence-electron chi connectivity index (χ0n) is 39.7. The summed E-state index contributed by atoms with van der Waals surface area (Å²) in [5.74, 6) is 0. The molecule has 0 spiro atoms. The standard InChI is InChI=1S/C38H56N2.2C9H19.Ni/c1-4-7-10-13-15-17-22-32-24-20-27-34(29-32)37-31-36(26-19-12-9-6-3)38(40(37)39)35-28-21-25-33(30-35)23-18-16-14-11-8-5-2;2*1-3-5-7-9-8-6-4-2;/h20-21,24-25,27-31H,4-19,22-23,26H2,1-3H3;2*1,3-9H2,2H3;/q;2*-1;+2. The summed E-state index contributed by atoms with van der Waals surface area (Å²) in [7, 11) is 0. The van der Waals surface area contributed by atoms with E-state index in [4.69, 9.17) is 0 Å². The molecule has 1 aliphatic heterocycles. The average molecular weight is 854 g/mol.